The molecule has 5 heteroatoms. The van der Waals surface area contributed by atoms with Crippen molar-refractivity contribution in [2.45, 2.75) is 23.8 Å². The summed E-state index contributed by atoms with van der Waals surface area (Å²) in [5.74, 6) is 1.82. The van der Waals surface area contributed by atoms with E-state index in [2.05, 4.69) is 0 Å². The van der Waals surface area contributed by atoms with Gasteiger partial charge in [0.25, 0.3) is 0 Å². The molecule has 102 valence electrons. The van der Waals surface area contributed by atoms with E-state index in [0.29, 0.717) is 0 Å². The number of nitrogens with zero attached hydrogens (tertiary/aromatic N) is 1. The third-order valence-corrected chi connectivity index (χ3v) is 5.03. The number of piperidine rings is 1. The van der Waals surface area contributed by atoms with Gasteiger partial charge in [0.1, 0.15) is 5.75 Å². The number of amides is 1. The first-order valence-corrected chi connectivity index (χ1v) is 7.62. The zero-order chi connectivity index (χ0) is 13.8. The van der Waals surface area contributed by atoms with Crippen LogP contribution in [0.1, 0.15) is 18.4 Å². The lowest BCUT2D eigenvalue weighted by molar-refractivity contribution is -0.126. The van der Waals surface area contributed by atoms with Crippen molar-refractivity contribution in [2.24, 2.45) is 0 Å². The average molecular weight is 295 g/mol. The van der Waals surface area contributed by atoms with E-state index in [9.17, 15) is 4.79 Å². The number of methoxy groups -OCH3 is 1. The lowest BCUT2D eigenvalue weighted by Gasteiger charge is -2.29. The Labute approximate surface area is 123 Å². The van der Waals surface area contributed by atoms with Gasteiger partial charge in [-0.1, -0.05) is 24.4 Å². The Hall–Kier alpha value is -1.07. The highest BCUT2D eigenvalue weighted by Gasteiger charge is 2.29. The number of thiocarbonyl (C=S) groups is 1. The maximum Gasteiger partial charge on any atom is 0.240 e. The second-order valence-electron chi connectivity index (χ2n) is 4.48. The SMILES string of the molecule is COc1ccc(CSC2CCC(=S)N(C)C2=O)cc1. The van der Waals surface area contributed by atoms with Crippen molar-refractivity contribution in [3.05, 3.63) is 29.8 Å². The van der Waals surface area contributed by atoms with Gasteiger partial charge in [-0.3, -0.25) is 4.79 Å². The second-order valence-corrected chi connectivity index (χ2v) is 6.14. The fourth-order valence-corrected chi connectivity index (χ4v) is 3.34. The molecule has 1 aliphatic rings. The molecular weight excluding hydrogens is 278 g/mol. The predicted octanol–water partition coefficient (Wildman–Crippen LogP) is 2.88. The summed E-state index contributed by atoms with van der Waals surface area (Å²) in [4.78, 5) is 14.4. The molecule has 1 amide bonds. The molecule has 3 nitrogen and oxygen atoms in total. The lowest BCUT2D eigenvalue weighted by atomic mass is 10.1. The van der Waals surface area contributed by atoms with Gasteiger partial charge in [0.2, 0.25) is 5.91 Å². The van der Waals surface area contributed by atoms with Crippen LogP contribution in [0, 0.1) is 0 Å². The van der Waals surface area contributed by atoms with E-state index >= 15 is 0 Å². The van der Waals surface area contributed by atoms with Gasteiger partial charge in [-0.05, 0) is 30.5 Å². The van der Waals surface area contributed by atoms with Crippen molar-refractivity contribution >= 4 is 34.9 Å². The quantitative estimate of drug-likeness (QED) is 0.799. The highest BCUT2D eigenvalue weighted by Crippen LogP contribution is 2.27. The van der Waals surface area contributed by atoms with Gasteiger partial charge in [-0.25, -0.2) is 0 Å². The van der Waals surface area contributed by atoms with Crippen molar-refractivity contribution < 1.29 is 9.53 Å². The summed E-state index contributed by atoms with van der Waals surface area (Å²) in [5, 5.41) is 0.0267. The highest BCUT2D eigenvalue weighted by atomic mass is 32.2. The van der Waals surface area contributed by atoms with E-state index in [0.717, 1.165) is 29.3 Å². The maximum absolute atomic E-state index is 12.1. The largest absolute Gasteiger partial charge is 0.497 e. The van der Waals surface area contributed by atoms with E-state index in [1.807, 2.05) is 24.3 Å². The van der Waals surface area contributed by atoms with Crippen LogP contribution in [-0.2, 0) is 10.5 Å². The van der Waals surface area contributed by atoms with Crippen LogP contribution in [0.4, 0.5) is 0 Å². The third-order valence-electron chi connectivity index (χ3n) is 3.21. The van der Waals surface area contributed by atoms with E-state index in [1.54, 1.807) is 30.8 Å². The van der Waals surface area contributed by atoms with Gasteiger partial charge in [0.05, 0.1) is 17.3 Å². The number of ether oxygens (including phenoxy) is 1. The molecule has 0 bridgehead atoms. The summed E-state index contributed by atoms with van der Waals surface area (Å²) >= 11 is 6.83. The molecule has 2 rings (SSSR count). The van der Waals surface area contributed by atoms with E-state index in [-0.39, 0.29) is 11.2 Å². The highest BCUT2D eigenvalue weighted by molar-refractivity contribution is 7.99. The first-order chi connectivity index (χ1) is 9.11. The smallest absolute Gasteiger partial charge is 0.240 e. The van der Waals surface area contributed by atoms with E-state index in [1.165, 1.54) is 5.56 Å². The number of carbonyl (C=O) groups excluding carboxylic acids is 1. The Morgan fingerprint density at radius 2 is 2.11 bits per heavy atom. The third kappa shape index (κ3) is 3.48. The summed E-state index contributed by atoms with van der Waals surface area (Å²) < 4.78 is 5.12. The number of thioether (sulfide) groups is 1. The van der Waals surface area contributed by atoms with E-state index < -0.39 is 0 Å². The summed E-state index contributed by atoms with van der Waals surface area (Å²) in [6, 6.07) is 7.96. The molecule has 1 aromatic rings. The van der Waals surface area contributed by atoms with Gasteiger partial charge < -0.3 is 9.64 Å². The number of hydrogen-bond acceptors (Lipinski definition) is 4. The van der Waals surface area contributed by atoms with Crippen molar-refractivity contribution in [1.29, 1.82) is 0 Å². The van der Waals surface area contributed by atoms with Gasteiger partial charge in [0.15, 0.2) is 0 Å². The molecule has 1 fully saturated rings. The molecule has 0 spiro atoms. The number of rotatable bonds is 4. The molecule has 1 unspecified atom stereocenters. The van der Waals surface area contributed by atoms with Crippen LogP contribution < -0.4 is 4.74 Å². The van der Waals surface area contributed by atoms with Crippen molar-refractivity contribution in [3.8, 4) is 5.75 Å². The molecule has 1 atom stereocenters. The molecule has 0 aliphatic carbocycles. The van der Waals surface area contributed by atoms with Crippen LogP contribution >= 0.6 is 24.0 Å². The molecule has 1 saturated heterocycles. The minimum Gasteiger partial charge on any atom is -0.497 e. The van der Waals surface area contributed by atoms with Gasteiger partial charge in [0, 0.05) is 12.8 Å². The van der Waals surface area contributed by atoms with E-state index in [4.69, 9.17) is 17.0 Å². The molecule has 0 radical (unpaired) electrons. The van der Waals surface area contributed by atoms with Gasteiger partial charge in [-0.15, -0.1) is 11.8 Å². The molecule has 0 saturated carbocycles. The fraction of sp³-hybridized carbons (Fsp3) is 0.429. The Bertz CT molecular complexity index is 473. The van der Waals surface area contributed by atoms with Crippen LogP contribution in [0.3, 0.4) is 0 Å². The standard InChI is InChI=1S/C14H17NO2S2/c1-15-13(18)8-7-12(14(15)16)19-9-10-3-5-11(17-2)6-4-10/h3-6,12H,7-9H2,1-2H3. The summed E-state index contributed by atoms with van der Waals surface area (Å²) in [6.07, 6.45) is 1.68. The summed E-state index contributed by atoms with van der Waals surface area (Å²) in [7, 11) is 3.42. The average Bonchev–Trinajstić information content (AvgIpc) is 2.45. The van der Waals surface area contributed by atoms with Crippen LogP contribution in [0.25, 0.3) is 0 Å². The Morgan fingerprint density at radius 1 is 1.42 bits per heavy atom. The minimum absolute atomic E-state index is 0.0267. The fourth-order valence-electron chi connectivity index (χ4n) is 1.96. The Morgan fingerprint density at radius 3 is 2.74 bits per heavy atom. The first-order valence-electron chi connectivity index (χ1n) is 6.16. The van der Waals surface area contributed by atoms with Crippen molar-refractivity contribution in [1.82, 2.24) is 4.90 Å². The molecular formula is C14H17NO2S2. The molecule has 1 heterocycles. The monoisotopic (exact) mass is 295 g/mol. The number of likely N-dealkylation sites (tertiary alicyclic amines) is 1. The topological polar surface area (TPSA) is 29.5 Å². The van der Waals surface area contributed by atoms with Gasteiger partial charge in [-0.2, -0.15) is 0 Å². The minimum atomic E-state index is 0.0267. The Balaban J connectivity index is 1.91. The maximum atomic E-state index is 12.1. The first kappa shape index (κ1) is 14.3. The van der Waals surface area contributed by atoms with Crippen LogP contribution in [0.5, 0.6) is 5.75 Å². The molecule has 1 aliphatic heterocycles. The lowest BCUT2D eigenvalue weighted by Crippen LogP contribution is -2.43. The Kier molecular flexibility index (Phi) is 4.82. The van der Waals surface area contributed by atoms with Crippen LogP contribution in [0.15, 0.2) is 24.3 Å². The normalized spacial score (nSPS) is 19.7. The number of benzene rings is 1. The van der Waals surface area contributed by atoms with Crippen molar-refractivity contribution in [2.75, 3.05) is 14.2 Å². The second kappa shape index (κ2) is 6.39. The molecule has 0 aromatic heterocycles. The summed E-state index contributed by atoms with van der Waals surface area (Å²) in [5.41, 5.74) is 1.20. The molecule has 19 heavy (non-hydrogen) atoms. The number of hydrogen-bond donors (Lipinski definition) is 0. The zero-order valence-electron chi connectivity index (χ0n) is 11.1. The predicted molar refractivity (Wildman–Crippen MR) is 82.7 cm³/mol. The van der Waals surface area contributed by atoms with Crippen LogP contribution in [-0.4, -0.2) is 35.2 Å². The van der Waals surface area contributed by atoms with Crippen molar-refractivity contribution in [3.63, 3.8) is 0 Å². The van der Waals surface area contributed by atoms with Crippen LogP contribution in [0.2, 0.25) is 0 Å². The number of carbonyl (C=O) groups is 1. The molecule has 0 N–H and O–H groups in total. The summed E-state index contributed by atoms with van der Waals surface area (Å²) in [6.45, 7) is 0. The zero-order valence-corrected chi connectivity index (χ0v) is 12.7. The van der Waals surface area contributed by atoms with Gasteiger partial charge >= 0.3 is 0 Å². The molecule has 1 aromatic carbocycles.